The van der Waals surface area contributed by atoms with Crippen LogP contribution in [0.4, 0.5) is 0 Å². The molecule has 41 heavy (non-hydrogen) atoms. The summed E-state index contributed by atoms with van der Waals surface area (Å²) in [7, 11) is 0. The van der Waals surface area contributed by atoms with E-state index in [2.05, 4.69) is 27.7 Å². The van der Waals surface area contributed by atoms with Gasteiger partial charge in [0.1, 0.15) is 17.9 Å². The van der Waals surface area contributed by atoms with Crippen LogP contribution in [0.5, 0.6) is 0 Å². The van der Waals surface area contributed by atoms with E-state index in [9.17, 15) is 19.8 Å². The maximum atomic E-state index is 13.4. The molecule has 5 aliphatic carbocycles. The van der Waals surface area contributed by atoms with E-state index in [1.807, 2.05) is 27.7 Å². The lowest BCUT2D eigenvalue weighted by atomic mass is 9.41. The summed E-state index contributed by atoms with van der Waals surface area (Å²) in [5, 5.41) is 22.5. The van der Waals surface area contributed by atoms with Crippen molar-refractivity contribution < 1.29 is 29.3 Å². The molecule has 0 aromatic heterocycles. The minimum atomic E-state index is -0.906. The molecule has 0 radical (unpaired) electrons. The summed E-state index contributed by atoms with van der Waals surface area (Å²) in [6, 6.07) is -0.688. The molecule has 7 nitrogen and oxygen atoms in total. The Morgan fingerprint density at radius 1 is 1.07 bits per heavy atom. The van der Waals surface area contributed by atoms with Crippen molar-refractivity contribution in [2.45, 2.75) is 149 Å². The van der Waals surface area contributed by atoms with Crippen molar-refractivity contribution in [1.29, 1.82) is 0 Å². The maximum Gasteiger partial charge on any atom is 0.323 e. The van der Waals surface area contributed by atoms with Gasteiger partial charge in [0, 0.05) is 23.7 Å². The summed E-state index contributed by atoms with van der Waals surface area (Å²) in [5.74, 6) is 0.189. The number of nitrogens with two attached hydrogens (primary N) is 1. The molecule has 0 bridgehead atoms. The van der Waals surface area contributed by atoms with Crippen molar-refractivity contribution in [2.24, 2.45) is 56.5 Å². The Labute approximate surface area is 246 Å². The molecule has 3 unspecified atom stereocenters. The van der Waals surface area contributed by atoms with Crippen LogP contribution in [0.1, 0.15) is 113 Å². The van der Waals surface area contributed by atoms with E-state index >= 15 is 0 Å². The normalized spacial score (nSPS) is 50.9. The molecule has 7 heteroatoms. The molecule has 0 aromatic carbocycles. The Hall–Kier alpha value is -1.02. The Morgan fingerprint density at radius 2 is 1.76 bits per heavy atom. The van der Waals surface area contributed by atoms with E-state index < -0.39 is 23.2 Å². The number of carbonyl (C=O) groups is 2. The van der Waals surface area contributed by atoms with Gasteiger partial charge in [0.25, 0.3) is 0 Å². The topological polar surface area (TPSA) is 119 Å². The molecule has 1 aliphatic heterocycles. The van der Waals surface area contributed by atoms with Gasteiger partial charge >= 0.3 is 5.97 Å². The van der Waals surface area contributed by atoms with Gasteiger partial charge < -0.3 is 25.4 Å². The molecule has 0 aromatic rings. The molecular formula is C34H55NO6. The molecule has 0 amide bonds. The number of Topliss-reactive ketones (excluding diaryl/α,β-unsaturated/α-hetero) is 1. The average molecular weight is 574 g/mol. The van der Waals surface area contributed by atoms with E-state index in [1.54, 1.807) is 0 Å². The van der Waals surface area contributed by atoms with Crippen molar-refractivity contribution >= 4 is 11.8 Å². The zero-order chi connectivity index (χ0) is 30.1. The average Bonchev–Trinajstić information content (AvgIpc) is 3.12. The third-order valence-corrected chi connectivity index (χ3v) is 14.3. The van der Waals surface area contributed by atoms with Crippen LogP contribution >= 0.6 is 0 Å². The fraction of sp³-hybridized carbons (Fsp3) is 0.941. The number of fused-ring (bicyclic) bond motifs is 2. The molecule has 12 atom stereocenters. The smallest absolute Gasteiger partial charge is 0.323 e. The first-order valence-corrected chi connectivity index (χ1v) is 16.4. The molecule has 232 valence electrons. The summed E-state index contributed by atoms with van der Waals surface area (Å²) >= 11 is 0. The molecular weight excluding hydrogens is 518 g/mol. The van der Waals surface area contributed by atoms with E-state index in [4.69, 9.17) is 15.2 Å². The number of ether oxygens (including phenoxy) is 2. The standard InChI is InChI=1S/C34H55NO6/c1-18(2)26(35)28(38)41-21-15-22-32(8)16-19(36)25(20-9-10-24(40-20)30(5,6)39)31(32,7)13-14-33(22)17-34(33)12-11-23(37)29(3,4)27(21)34/h18-22,24-27,36,39H,9-17,35H2,1-8H3/t19-,20?,21-,22?,24-,25+,26-,27-,31+,32-,33?,34+/m0/s1. The minimum absolute atomic E-state index is 0.00315. The first-order chi connectivity index (χ1) is 18.9. The predicted molar refractivity (Wildman–Crippen MR) is 156 cm³/mol. The second kappa shape index (κ2) is 9.01. The largest absolute Gasteiger partial charge is 0.461 e. The Kier molecular flexibility index (Phi) is 6.60. The van der Waals surface area contributed by atoms with Crippen LogP contribution in [0.25, 0.3) is 0 Å². The van der Waals surface area contributed by atoms with Gasteiger partial charge in [-0.05, 0) is 98.7 Å². The van der Waals surface area contributed by atoms with Gasteiger partial charge in [-0.2, -0.15) is 0 Å². The third-order valence-electron chi connectivity index (χ3n) is 14.3. The van der Waals surface area contributed by atoms with Gasteiger partial charge in [-0.1, -0.05) is 41.5 Å². The van der Waals surface area contributed by atoms with Crippen LogP contribution in [-0.4, -0.2) is 58.0 Å². The highest BCUT2D eigenvalue weighted by Crippen LogP contribution is 2.89. The third kappa shape index (κ3) is 3.83. The number of aliphatic hydroxyl groups is 2. The summed E-state index contributed by atoms with van der Waals surface area (Å²) < 4.78 is 12.9. The number of carbonyl (C=O) groups excluding carboxylic acids is 2. The van der Waals surface area contributed by atoms with Crippen LogP contribution in [0.3, 0.4) is 0 Å². The van der Waals surface area contributed by atoms with Crippen LogP contribution < -0.4 is 5.73 Å². The Morgan fingerprint density at radius 3 is 2.37 bits per heavy atom. The van der Waals surface area contributed by atoms with E-state index in [0.717, 1.165) is 44.9 Å². The van der Waals surface area contributed by atoms with Crippen LogP contribution in [0.2, 0.25) is 0 Å². The summed E-state index contributed by atoms with van der Waals surface area (Å²) in [4.78, 5) is 26.7. The summed E-state index contributed by atoms with van der Waals surface area (Å²) in [6.07, 6.45) is 6.64. The van der Waals surface area contributed by atoms with Gasteiger partial charge in [0.2, 0.25) is 0 Å². The Bertz CT molecular complexity index is 1110. The van der Waals surface area contributed by atoms with Gasteiger partial charge in [0.05, 0.1) is 23.9 Å². The summed E-state index contributed by atoms with van der Waals surface area (Å²) in [5.41, 5.74) is 4.64. The lowest BCUT2D eigenvalue weighted by molar-refractivity contribution is -0.202. The SMILES string of the molecule is CC(C)[C@H](N)C(=O)O[C@H]1CC2C3(CC[C@]4(C)[C@@H](C5CC[C@@H](C(C)(C)O)O5)[C@@H](O)C[C@@]24C)C[C@@]32CCC(=O)C(C)(C)[C@H]12. The van der Waals surface area contributed by atoms with Gasteiger partial charge in [-0.15, -0.1) is 0 Å². The van der Waals surface area contributed by atoms with Gasteiger partial charge in [-0.3, -0.25) is 9.59 Å². The van der Waals surface area contributed by atoms with Crippen LogP contribution in [-0.2, 0) is 19.1 Å². The lowest BCUT2D eigenvalue weighted by Gasteiger charge is -2.63. The van der Waals surface area contributed by atoms with Crippen molar-refractivity contribution in [3.8, 4) is 0 Å². The fourth-order valence-electron chi connectivity index (χ4n) is 12.0. The number of hydrogen-bond acceptors (Lipinski definition) is 7. The lowest BCUT2D eigenvalue weighted by Crippen LogP contribution is -2.62. The monoisotopic (exact) mass is 573 g/mol. The van der Waals surface area contributed by atoms with E-state index in [0.29, 0.717) is 12.8 Å². The molecule has 2 spiro atoms. The highest BCUT2D eigenvalue weighted by molar-refractivity contribution is 5.86. The second-order valence-electron chi connectivity index (χ2n) is 17.2. The maximum absolute atomic E-state index is 13.4. The van der Waals surface area contributed by atoms with Crippen molar-refractivity contribution in [3.05, 3.63) is 0 Å². The zero-order valence-electron chi connectivity index (χ0n) is 26.7. The highest BCUT2D eigenvalue weighted by atomic mass is 16.5. The zero-order valence-corrected chi connectivity index (χ0v) is 26.7. The molecule has 6 fully saturated rings. The van der Waals surface area contributed by atoms with Gasteiger partial charge in [-0.25, -0.2) is 0 Å². The molecule has 4 N–H and O–H groups in total. The molecule has 1 saturated heterocycles. The predicted octanol–water partition coefficient (Wildman–Crippen LogP) is 4.79. The quantitative estimate of drug-likeness (QED) is 0.405. The molecule has 5 saturated carbocycles. The van der Waals surface area contributed by atoms with Gasteiger partial charge in [0.15, 0.2) is 0 Å². The van der Waals surface area contributed by atoms with Crippen LogP contribution in [0.15, 0.2) is 0 Å². The number of esters is 1. The first-order valence-electron chi connectivity index (χ1n) is 16.4. The van der Waals surface area contributed by atoms with Crippen LogP contribution in [0, 0.1) is 50.7 Å². The number of hydrogen-bond donors (Lipinski definition) is 3. The van der Waals surface area contributed by atoms with Crippen molar-refractivity contribution in [2.75, 3.05) is 0 Å². The van der Waals surface area contributed by atoms with Crippen molar-refractivity contribution in [3.63, 3.8) is 0 Å². The molecule has 6 aliphatic rings. The van der Waals surface area contributed by atoms with Crippen molar-refractivity contribution in [1.82, 2.24) is 0 Å². The van der Waals surface area contributed by atoms with E-state index in [-0.39, 0.29) is 75.4 Å². The first kappa shape index (κ1) is 30.0. The highest BCUT2D eigenvalue weighted by Gasteiger charge is 2.85. The fourth-order valence-corrected chi connectivity index (χ4v) is 12.0. The molecule has 6 rings (SSSR count). The Balaban J connectivity index is 1.37. The summed E-state index contributed by atoms with van der Waals surface area (Å²) in [6.45, 7) is 16.4. The molecule has 1 heterocycles. The number of aliphatic hydroxyl groups excluding tert-OH is 1. The minimum Gasteiger partial charge on any atom is -0.461 e. The number of rotatable bonds is 5. The van der Waals surface area contributed by atoms with E-state index in [1.165, 1.54) is 0 Å². The second-order valence-corrected chi connectivity index (χ2v) is 17.2. The number of ketones is 1.